The maximum atomic E-state index is 13.3. The Morgan fingerprint density at radius 3 is 2.67 bits per heavy atom. The average molecular weight is 408 g/mol. The summed E-state index contributed by atoms with van der Waals surface area (Å²) in [6.45, 7) is 2.25. The highest BCUT2D eigenvalue weighted by Gasteiger charge is 2.49. The maximum Gasteiger partial charge on any atom is 0.372 e. The van der Waals surface area contributed by atoms with Crippen molar-refractivity contribution in [3.8, 4) is 17.1 Å². The van der Waals surface area contributed by atoms with Crippen LogP contribution in [0.25, 0.3) is 22.3 Å². The molecule has 1 aromatic carbocycles. The first-order valence-electron chi connectivity index (χ1n) is 9.64. The monoisotopic (exact) mass is 408 g/mol. The molecule has 4 heterocycles. The minimum Gasteiger partial charge on any atom is -0.508 e. The van der Waals surface area contributed by atoms with Crippen LogP contribution in [-0.2, 0) is 44.4 Å². The van der Waals surface area contributed by atoms with Gasteiger partial charge < -0.3 is 23.9 Å². The number of benzene rings is 1. The molecule has 0 aliphatic carbocycles. The number of esters is 1. The standard InChI is InChI=1S/C22H20N2O6/c1-4-12-13-7-11(25)5-6-17(13)23-19-14(12)9-24-18(19)8-16-15(20(24)26)10-30-21(27)22(16,28-2)29-3/h5-8,25H,4,9-10H2,1-3H3. The van der Waals surface area contributed by atoms with Crippen LogP contribution in [-0.4, -0.2) is 34.8 Å². The summed E-state index contributed by atoms with van der Waals surface area (Å²) in [6, 6.07) is 6.79. The van der Waals surface area contributed by atoms with Gasteiger partial charge in [-0.25, -0.2) is 9.78 Å². The van der Waals surface area contributed by atoms with E-state index in [9.17, 15) is 14.7 Å². The Labute approximate surface area is 171 Å². The van der Waals surface area contributed by atoms with Crippen molar-refractivity contribution < 1.29 is 24.1 Å². The van der Waals surface area contributed by atoms with Gasteiger partial charge in [0.15, 0.2) is 0 Å². The predicted molar refractivity (Wildman–Crippen MR) is 107 cm³/mol. The molecule has 0 atom stereocenters. The first-order chi connectivity index (χ1) is 14.4. The van der Waals surface area contributed by atoms with E-state index in [2.05, 4.69) is 0 Å². The molecule has 5 rings (SSSR count). The van der Waals surface area contributed by atoms with E-state index in [1.165, 1.54) is 14.2 Å². The second kappa shape index (κ2) is 6.38. The molecule has 30 heavy (non-hydrogen) atoms. The van der Waals surface area contributed by atoms with Crippen LogP contribution in [0.1, 0.15) is 29.2 Å². The number of carbonyl (C=O) groups is 1. The normalized spacial score (nSPS) is 16.2. The van der Waals surface area contributed by atoms with Gasteiger partial charge in [0.2, 0.25) is 0 Å². The van der Waals surface area contributed by atoms with Gasteiger partial charge in [-0.15, -0.1) is 0 Å². The Morgan fingerprint density at radius 2 is 1.97 bits per heavy atom. The van der Waals surface area contributed by atoms with E-state index < -0.39 is 11.8 Å². The van der Waals surface area contributed by atoms with Crippen molar-refractivity contribution in [1.29, 1.82) is 0 Å². The van der Waals surface area contributed by atoms with Gasteiger partial charge in [-0.1, -0.05) is 6.92 Å². The van der Waals surface area contributed by atoms with Crippen molar-refractivity contribution in [3.05, 3.63) is 56.9 Å². The molecule has 2 aromatic heterocycles. The largest absolute Gasteiger partial charge is 0.508 e. The third-order valence-electron chi connectivity index (χ3n) is 6.05. The number of carbonyl (C=O) groups excluding carboxylic acids is 1. The molecule has 8 nitrogen and oxygen atoms in total. The summed E-state index contributed by atoms with van der Waals surface area (Å²) in [6.07, 6.45) is 0.717. The Hall–Kier alpha value is -3.23. The molecule has 2 aliphatic rings. The maximum absolute atomic E-state index is 13.3. The van der Waals surface area contributed by atoms with Crippen LogP contribution in [0.2, 0.25) is 0 Å². The SMILES string of the molecule is CCc1c2c(nc3ccc(O)cc13)-c1cc3c(c(=O)n1C2)COC(=O)C3(OC)OC. The molecular formula is C22H20N2O6. The van der Waals surface area contributed by atoms with E-state index in [0.29, 0.717) is 29.1 Å². The summed E-state index contributed by atoms with van der Waals surface area (Å²) < 4.78 is 17.6. The topological polar surface area (TPSA) is 99.9 Å². The summed E-state index contributed by atoms with van der Waals surface area (Å²) >= 11 is 0. The molecule has 0 saturated heterocycles. The predicted octanol–water partition coefficient (Wildman–Crippen LogP) is 2.20. The smallest absolute Gasteiger partial charge is 0.372 e. The zero-order chi connectivity index (χ0) is 21.2. The average Bonchev–Trinajstić information content (AvgIpc) is 3.11. The number of hydrogen-bond acceptors (Lipinski definition) is 7. The van der Waals surface area contributed by atoms with Crippen LogP contribution in [0, 0.1) is 0 Å². The van der Waals surface area contributed by atoms with Crippen molar-refractivity contribution in [3.63, 3.8) is 0 Å². The summed E-state index contributed by atoms with van der Waals surface area (Å²) in [4.78, 5) is 30.6. The summed E-state index contributed by atoms with van der Waals surface area (Å²) in [7, 11) is 2.68. The highest BCUT2D eigenvalue weighted by molar-refractivity contribution is 5.89. The first-order valence-corrected chi connectivity index (χ1v) is 9.64. The number of ether oxygens (including phenoxy) is 3. The molecule has 0 unspecified atom stereocenters. The zero-order valence-corrected chi connectivity index (χ0v) is 16.8. The van der Waals surface area contributed by atoms with E-state index in [1.807, 2.05) is 6.92 Å². The Kier molecular flexibility index (Phi) is 4.00. The lowest BCUT2D eigenvalue weighted by molar-refractivity contribution is -0.242. The lowest BCUT2D eigenvalue weighted by Gasteiger charge is -2.34. The van der Waals surface area contributed by atoms with Crippen molar-refractivity contribution in [2.45, 2.75) is 32.3 Å². The molecule has 8 heteroatoms. The summed E-state index contributed by atoms with van der Waals surface area (Å²) in [5, 5.41) is 10.8. The fraction of sp³-hybridized carbons (Fsp3) is 0.318. The molecule has 0 radical (unpaired) electrons. The highest BCUT2D eigenvalue weighted by atomic mass is 16.7. The molecule has 0 bridgehead atoms. The number of fused-ring (bicyclic) bond motifs is 5. The van der Waals surface area contributed by atoms with Crippen molar-refractivity contribution >= 4 is 16.9 Å². The third-order valence-corrected chi connectivity index (χ3v) is 6.05. The number of cyclic esters (lactones) is 1. The van der Waals surface area contributed by atoms with Crippen LogP contribution in [0.5, 0.6) is 5.75 Å². The van der Waals surface area contributed by atoms with E-state index in [-0.39, 0.29) is 17.9 Å². The van der Waals surface area contributed by atoms with Gasteiger partial charge in [0.25, 0.3) is 11.3 Å². The quantitative estimate of drug-likeness (QED) is 0.410. The number of rotatable bonds is 3. The number of aromatic nitrogens is 2. The summed E-state index contributed by atoms with van der Waals surface area (Å²) in [5.74, 6) is -2.32. The second-order valence-electron chi connectivity index (χ2n) is 7.39. The minimum atomic E-state index is -1.79. The number of nitrogens with zero attached hydrogens (tertiary/aromatic N) is 2. The molecule has 0 amide bonds. The molecule has 1 N–H and O–H groups in total. The number of aromatic hydroxyl groups is 1. The third kappa shape index (κ3) is 2.26. The van der Waals surface area contributed by atoms with Gasteiger partial charge in [-0.3, -0.25) is 4.79 Å². The number of aryl methyl sites for hydroxylation is 1. The van der Waals surface area contributed by atoms with Gasteiger partial charge in [0.1, 0.15) is 12.4 Å². The number of pyridine rings is 2. The van der Waals surface area contributed by atoms with Gasteiger partial charge >= 0.3 is 5.97 Å². The lowest BCUT2D eigenvalue weighted by Crippen LogP contribution is -2.47. The van der Waals surface area contributed by atoms with E-state index in [4.69, 9.17) is 19.2 Å². The molecule has 154 valence electrons. The van der Waals surface area contributed by atoms with Crippen LogP contribution < -0.4 is 5.56 Å². The number of phenolic OH excluding ortho intramolecular Hbond substituents is 1. The van der Waals surface area contributed by atoms with Crippen molar-refractivity contribution in [2.24, 2.45) is 0 Å². The molecule has 0 saturated carbocycles. The van der Waals surface area contributed by atoms with Gasteiger partial charge in [-0.05, 0) is 36.2 Å². The van der Waals surface area contributed by atoms with E-state index >= 15 is 0 Å². The van der Waals surface area contributed by atoms with Crippen LogP contribution in [0.4, 0.5) is 0 Å². The summed E-state index contributed by atoms with van der Waals surface area (Å²) in [5.41, 5.74) is 4.39. The van der Waals surface area contributed by atoms with Gasteiger partial charge in [-0.2, -0.15) is 0 Å². The number of methoxy groups -OCH3 is 2. The van der Waals surface area contributed by atoms with Crippen molar-refractivity contribution in [1.82, 2.24) is 9.55 Å². The second-order valence-corrected chi connectivity index (χ2v) is 7.39. The molecule has 0 spiro atoms. The van der Waals surface area contributed by atoms with Gasteiger partial charge in [0, 0.05) is 30.7 Å². The van der Waals surface area contributed by atoms with E-state index in [0.717, 1.165) is 28.5 Å². The molecular weight excluding hydrogens is 388 g/mol. The van der Waals surface area contributed by atoms with Crippen LogP contribution in [0.3, 0.4) is 0 Å². The fourth-order valence-electron chi connectivity index (χ4n) is 4.59. The molecule has 2 aliphatic heterocycles. The fourth-order valence-corrected chi connectivity index (χ4v) is 4.59. The number of phenols is 1. The Bertz CT molecular complexity index is 1290. The van der Waals surface area contributed by atoms with E-state index in [1.54, 1.807) is 28.8 Å². The lowest BCUT2D eigenvalue weighted by atomic mass is 9.96. The Morgan fingerprint density at radius 1 is 1.20 bits per heavy atom. The van der Waals surface area contributed by atoms with Gasteiger partial charge in [0.05, 0.1) is 29.0 Å². The molecule has 0 fully saturated rings. The molecule has 3 aromatic rings. The number of hydrogen-bond donors (Lipinski definition) is 1. The Balaban J connectivity index is 1.84. The van der Waals surface area contributed by atoms with Crippen molar-refractivity contribution in [2.75, 3.05) is 14.2 Å². The first kappa shape index (κ1) is 18.8. The zero-order valence-electron chi connectivity index (χ0n) is 16.8. The van der Waals surface area contributed by atoms with Crippen LogP contribution >= 0.6 is 0 Å². The minimum absolute atomic E-state index is 0.137. The van der Waals surface area contributed by atoms with Crippen LogP contribution in [0.15, 0.2) is 29.1 Å². The highest BCUT2D eigenvalue weighted by Crippen LogP contribution is 2.41.